The van der Waals surface area contributed by atoms with Gasteiger partial charge in [-0.2, -0.15) is 0 Å². The van der Waals surface area contributed by atoms with Crippen molar-refractivity contribution in [3.63, 3.8) is 0 Å². The lowest BCUT2D eigenvalue weighted by atomic mass is 10.2. The Morgan fingerprint density at radius 1 is 1.47 bits per heavy atom. The van der Waals surface area contributed by atoms with E-state index in [2.05, 4.69) is 27.6 Å². The maximum atomic E-state index is 11.4. The Bertz CT molecular complexity index is 618. The molecule has 0 N–H and O–H groups in total. The van der Waals surface area contributed by atoms with Gasteiger partial charge in [-0.3, -0.25) is 9.78 Å². The molecule has 1 aromatic carbocycles. The first-order chi connectivity index (χ1) is 9.13. The van der Waals surface area contributed by atoms with Gasteiger partial charge in [0.15, 0.2) is 11.5 Å². The Hall–Kier alpha value is -0.920. The smallest absolute Gasteiger partial charge is 0.195 e. The van der Waals surface area contributed by atoms with Crippen molar-refractivity contribution < 1.29 is 14.3 Å². The summed E-state index contributed by atoms with van der Waals surface area (Å²) in [4.78, 5) is 15.7. The Morgan fingerprint density at radius 2 is 2.26 bits per heavy atom. The van der Waals surface area contributed by atoms with E-state index in [0.29, 0.717) is 16.3 Å². The fourth-order valence-electron chi connectivity index (χ4n) is 1.64. The van der Waals surface area contributed by atoms with Crippen LogP contribution in [0.5, 0.6) is 5.75 Å². The summed E-state index contributed by atoms with van der Waals surface area (Å²) < 4.78 is 11.1. The first-order valence-electron chi connectivity index (χ1n) is 5.49. The largest absolute Gasteiger partial charge is 0.482 e. The van der Waals surface area contributed by atoms with Crippen LogP contribution in [0.3, 0.4) is 0 Å². The molecule has 19 heavy (non-hydrogen) atoms. The Balaban J connectivity index is 2.34. The first-order valence-corrected chi connectivity index (χ1v) is 6.95. The molecular weight excluding hydrogens is 381 g/mol. The maximum absolute atomic E-state index is 11.4. The van der Waals surface area contributed by atoms with E-state index in [1.807, 2.05) is 6.07 Å². The van der Waals surface area contributed by atoms with Crippen LogP contribution < -0.4 is 4.74 Å². The normalized spacial score (nSPS) is 10.7. The Morgan fingerprint density at radius 3 is 3.00 bits per heavy atom. The highest BCUT2D eigenvalue weighted by atomic mass is 127. The van der Waals surface area contributed by atoms with Gasteiger partial charge in [0.25, 0.3) is 0 Å². The average molecular weight is 392 g/mol. The topological polar surface area (TPSA) is 48.4 Å². The number of hydrogen-bond acceptors (Lipinski definition) is 4. The van der Waals surface area contributed by atoms with Crippen molar-refractivity contribution in [2.24, 2.45) is 0 Å². The van der Waals surface area contributed by atoms with E-state index >= 15 is 0 Å². The molecule has 1 aromatic heterocycles. The summed E-state index contributed by atoms with van der Waals surface area (Å²) in [6.07, 6.45) is 1.67. The number of Topliss-reactive ketones (excluding diaryl/α,β-unsaturated/α-hetero) is 1. The number of hydrogen-bond donors (Lipinski definition) is 0. The molecule has 0 saturated heterocycles. The van der Waals surface area contributed by atoms with Gasteiger partial charge in [-0.05, 0) is 40.8 Å². The molecule has 6 heteroatoms. The van der Waals surface area contributed by atoms with E-state index in [-0.39, 0.29) is 19.0 Å². The highest BCUT2D eigenvalue weighted by molar-refractivity contribution is 14.1. The SMILES string of the molecule is COCC(=O)COc1c(I)cc(Cl)c2cccnc12. The van der Waals surface area contributed by atoms with Crippen LogP contribution in [0, 0.1) is 3.57 Å². The van der Waals surface area contributed by atoms with Crippen molar-refractivity contribution >= 4 is 50.9 Å². The number of methoxy groups -OCH3 is 1. The second kappa shape index (κ2) is 6.49. The minimum absolute atomic E-state index is 0.0372. The van der Waals surface area contributed by atoms with Gasteiger partial charge in [0.2, 0.25) is 0 Å². The van der Waals surface area contributed by atoms with Crippen molar-refractivity contribution in [3.05, 3.63) is 33.0 Å². The zero-order chi connectivity index (χ0) is 13.8. The van der Waals surface area contributed by atoms with Crippen LogP contribution in [0.2, 0.25) is 5.02 Å². The predicted molar refractivity (Wildman–Crippen MR) is 81.8 cm³/mol. The number of carbonyl (C=O) groups excluding carboxylic acids is 1. The van der Waals surface area contributed by atoms with Gasteiger partial charge in [0, 0.05) is 18.7 Å². The molecule has 2 rings (SSSR count). The highest BCUT2D eigenvalue weighted by Gasteiger charge is 2.13. The fourth-order valence-corrected chi connectivity index (χ4v) is 2.81. The van der Waals surface area contributed by atoms with Gasteiger partial charge in [0.1, 0.15) is 18.7 Å². The lowest BCUT2D eigenvalue weighted by Gasteiger charge is -2.11. The molecule has 0 saturated carbocycles. The van der Waals surface area contributed by atoms with Crippen LogP contribution in [0.1, 0.15) is 0 Å². The van der Waals surface area contributed by atoms with Crippen LogP contribution in [-0.2, 0) is 9.53 Å². The fraction of sp³-hybridized carbons (Fsp3) is 0.231. The quantitative estimate of drug-likeness (QED) is 0.735. The Kier molecular flexibility index (Phi) is 4.95. The molecule has 100 valence electrons. The van der Waals surface area contributed by atoms with Crippen LogP contribution in [0.25, 0.3) is 10.9 Å². The van der Waals surface area contributed by atoms with Gasteiger partial charge in [-0.1, -0.05) is 11.6 Å². The predicted octanol–water partition coefficient (Wildman–Crippen LogP) is 3.09. The molecule has 0 aliphatic heterocycles. The summed E-state index contributed by atoms with van der Waals surface area (Å²) in [5, 5.41) is 1.42. The van der Waals surface area contributed by atoms with Crippen molar-refractivity contribution in [1.29, 1.82) is 0 Å². The number of nitrogens with zero attached hydrogens (tertiary/aromatic N) is 1. The van der Waals surface area contributed by atoms with Gasteiger partial charge in [-0.15, -0.1) is 0 Å². The van der Waals surface area contributed by atoms with Crippen LogP contribution in [0.15, 0.2) is 24.4 Å². The molecule has 0 unspecified atom stereocenters. The summed E-state index contributed by atoms with van der Waals surface area (Å²) in [6, 6.07) is 5.47. The third kappa shape index (κ3) is 3.34. The lowest BCUT2D eigenvalue weighted by molar-refractivity contribution is -0.124. The average Bonchev–Trinajstić information content (AvgIpc) is 2.39. The molecule has 0 bridgehead atoms. The highest BCUT2D eigenvalue weighted by Crippen LogP contribution is 2.34. The number of carbonyl (C=O) groups is 1. The molecule has 0 fully saturated rings. The van der Waals surface area contributed by atoms with Gasteiger partial charge < -0.3 is 9.47 Å². The zero-order valence-electron chi connectivity index (χ0n) is 10.2. The van der Waals surface area contributed by atoms with E-state index in [1.54, 1.807) is 18.3 Å². The van der Waals surface area contributed by atoms with Crippen molar-refractivity contribution in [2.75, 3.05) is 20.3 Å². The van der Waals surface area contributed by atoms with E-state index in [1.165, 1.54) is 7.11 Å². The lowest BCUT2D eigenvalue weighted by Crippen LogP contribution is -2.16. The molecule has 2 aromatic rings. The minimum Gasteiger partial charge on any atom is -0.482 e. The summed E-state index contributed by atoms with van der Waals surface area (Å²) in [5.41, 5.74) is 0.657. The molecular formula is C13H11ClINO3. The molecule has 1 heterocycles. The summed E-state index contributed by atoms with van der Waals surface area (Å²) in [7, 11) is 1.47. The summed E-state index contributed by atoms with van der Waals surface area (Å²) >= 11 is 8.27. The monoisotopic (exact) mass is 391 g/mol. The first kappa shape index (κ1) is 14.5. The van der Waals surface area contributed by atoms with E-state index in [9.17, 15) is 4.79 Å². The summed E-state index contributed by atoms with van der Waals surface area (Å²) in [6.45, 7) is -0.00726. The van der Waals surface area contributed by atoms with Crippen molar-refractivity contribution in [3.8, 4) is 5.75 Å². The molecule has 0 radical (unpaired) electrons. The number of ketones is 1. The minimum atomic E-state index is -0.127. The van der Waals surface area contributed by atoms with E-state index < -0.39 is 0 Å². The molecule has 4 nitrogen and oxygen atoms in total. The number of halogens is 2. The van der Waals surface area contributed by atoms with Gasteiger partial charge >= 0.3 is 0 Å². The zero-order valence-corrected chi connectivity index (χ0v) is 13.1. The summed E-state index contributed by atoms with van der Waals surface area (Å²) in [5.74, 6) is 0.447. The van der Waals surface area contributed by atoms with E-state index in [0.717, 1.165) is 8.96 Å². The third-order valence-electron chi connectivity index (χ3n) is 2.43. The second-order valence-corrected chi connectivity index (χ2v) is 5.40. The molecule has 0 atom stereocenters. The number of benzene rings is 1. The molecule has 0 aliphatic carbocycles. The number of fused-ring (bicyclic) bond motifs is 1. The van der Waals surface area contributed by atoms with Crippen molar-refractivity contribution in [2.45, 2.75) is 0 Å². The van der Waals surface area contributed by atoms with Crippen LogP contribution in [0.4, 0.5) is 0 Å². The number of aromatic nitrogens is 1. The van der Waals surface area contributed by atoms with E-state index in [4.69, 9.17) is 21.1 Å². The van der Waals surface area contributed by atoms with Crippen LogP contribution in [-0.4, -0.2) is 31.1 Å². The molecule has 0 spiro atoms. The number of rotatable bonds is 5. The second-order valence-electron chi connectivity index (χ2n) is 3.83. The number of ether oxygens (including phenoxy) is 2. The Labute approximate surface area is 129 Å². The van der Waals surface area contributed by atoms with Gasteiger partial charge in [0.05, 0.1) is 8.59 Å². The standard InChI is InChI=1S/C13H11ClINO3/c1-18-6-8(17)7-19-13-11(15)5-10(14)9-3-2-4-16-12(9)13/h2-5H,6-7H2,1H3. The van der Waals surface area contributed by atoms with Gasteiger partial charge in [-0.25, -0.2) is 0 Å². The molecule has 0 aliphatic rings. The number of pyridine rings is 1. The third-order valence-corrected chi connectivity index (χ3v) is 3.55. The van der Waals surface area contributed by atoms with Crippen LogP contribution >= 0.6 is 34.2 Å². The molecule has 0 amide bonds. The maximum Gasteiger partial charge on any atom is 0.195 e. The van der Waals surface area contributed by atoms with Crippen molar-refractivity contribution in [1.82, 2.24) is 4.98 Å².